The summed E-state index contributed by atoms with van der Waals surface area (Å²) in [6, 6.07) is 18.9. The molecule has 0 bridgehead atoms. The van der Waals surface area contributed by atoms with Crippen LogP contribution in [0.3, 0.4) is 0 Å². The second-order valence-corrected chi connectivity index (χ2v) is 16.1. The Hall–Kier alpha value is -4.21. The molecule has 1 fully saturated rings. The number of nitrogens with zero attached hydrogens (tertiary/aromatic N) is 4. The van der Waals surface area contributed by atoms with Crippen molar-refractivity contribution in [3.05, 3.63) is 104 Å². The zero-order chi connectivity index (χ0) is 38.8. The molecule has 3 N–H and O–H groups in total. The van der Waals surface area contributed by atoms with Crippen molar-refractivity contribution in [3.63, 3.8) is 0 Å². The van der Waals surface area contributed by atoms with E-state index < -0.39 is 12.1 Å². The minimum Gasteiger partial charge on any atom is -0.444 e. The Bertz CT molecular complexity index is 1720. The second kappa shape index (κ2) is 22.4. The van der Waals surface area contributed by atoms with Gasteiger partial charge in [0.1, 0.15) is 6.61 Å². The summed E-state index contributed by atoms with van der Waals surface area (Å²) in [7, 11) is 1.70. The predicted octanol–water partition coefficient (Wildman–Crippen LogP) is 6.06. The zero-order valence-corrected chi connectivity index (χ0v) is 33.4. The van der Waals surface area contributed by atoms with Crippen LogP contribution in [0.2, 0.25) is 0 Å². The van der Waals surface area contributed by atoms with Gasteiger partial charge >= 0.3 is 12.1 Å². The molecule has 1 aliphatic heterocycles. The third kappa shape index (κ3) is 14.4. The Morgan fingerprint density at radius 3 is 2.35 bits per heavy atom. The molecule has 4 atom stereocenters. The molecular formula is C41H54N6O6S2. The summed E-state index contributed by atoms with van der Waals surface area (Å²) in [6.45, 7) is 5.88. The zero-order valence-electron chi connectivity index (χ0n) is 31.8. The first-order valence-electron chi connectivity index (χ1n) is 19.0. The molecule has 1 saturated heterocycles. The number of urea groups is 1. The molecular weight excluding hydrogens is 737 g/mol. The molecule has 0 aliphatic carbocycles. The Labute approximate surface area is 332 Å². The van der Waals surface area contributed by atoms with Crippen molar-refractivity contribution in [2.24, 2.45) is 5.92 Å². The molecule has 2 aromatic carbocycles. The van der Waals surface area contributed by atoms with E-state index in [2.05, 4.69) is 37.6 Å². The number of ketones is 1. The van der Waals surface area contributed by atoms with Gasteiger partial charge < -0.3 is 30.1 Å². The Kier molecular flexibility index (Phi) is 17.1. The number of benzene rings is 2. The average Bonchev–Trinajstić information content (AvgIpc) is 3.91. The molecule has 296 valence electrons. The van der Waals surface area contributed by atoms with Crippen molar-refractivity contribution >= 4 is 40.6 Å². The van der Waals surface area contributed by atoms with Crippen LogP contribution in [0.4, 0.5) is 9.59 Å². The van der Waals surface area contributed by atoms with Crippen LogP contribution in [0.25, 0.3) is 0 Å². The third-order valence-electron chi connectivity index (χ3n) is 9.79. The van der Waals surface area contributed by atoms with Crippen LogP contribution in [0.15, 0.2) is 77.8 Å². The molecule has 0 radical (unpaired) electrons. The molecule has 0 saturated carbocycles. The van der Waals surface area contributed by atoms with Gasteiger partial charge in [0.05, 0.1) is 53.5 Å². The summed E-state index contributed by atoms with van der Waals surface area (Å²) < 4.78 is 11.1. The summed E-state index contributed by atoms with van der Waals surface area (Å²) in [5.41, 5.74) is 4.67. The molecule has 2 aromatic heterocycles. The lowest BCUT2D eigenvalue weighted by Crippen LogP contribution is -2.49. The number of ether oxygens (including phenoxy) is 2. The second-order valence-electron chi connectivity index (χ2n) is 14.2. The highest BCUT2D eigenvalue weighted by Gasteiger charge is 2.28. The Balaban J connectivity index is 1.28. The largest absolute Gasteiger partial charge is 0.444 e. The van der Waals surface area contributed by atoms with Gasteiger partial charge in [-0.05, 0) is 49.1 Å². The number of thiazole rings is 2. The van der Waals surface area contributed by atoms with Crippen molar-refractivity contribution in [1.82, 2.24) is 30.4 Å². The number of morpholine rings is 1. The number of hydrogen-bond acceptors (Lipinski definition) is 11. The number of aliphatic hydroxyl groups excluding tert-OH is 1. The minimum atomic E-state index is -0.684. The van der Waals surface area contributed by atoms with Crippen LogP contribution in [0.1, 0.15) is 65.2 Å². The number of carbonyl (C=O) groups is 3. The lowest BCUT2D eigenvalue weighted by molar-refractivity contribution is -0.122. The van der Waals surface area contributed by atoms with E-state index in [1.54, 1.807) is 23.7 Å². The molecule has 4 aromatic rings. The van der Waals surface area contributed by atoms with Crippen LogP contribution in [0.5, 0.6) is 0 Å². The van der Waals surface area contributed by atoms with Crippen molar-refractivity contribution in [2.75, 3.05) is 46.5 Å². The van der Waals surface area contributed by atoms with Gasteiger partial charge in [0.2, 0.25) is 0 Å². The Morgan fingerprint density at radius 2 is 1.67 bits per heavy atom. The lowest BCUT2D eigenvalue weighted by Gasteiger charge is -2.29. The monoisotopic (exact) mass is 790 g/mol. The van der Waals surface area contributed by atoms with E-state index in [9.17, 15) is 19.5 Å². The number of nitrogens with one attached hydrogen (secondary N) is 2. The van der Waals surface area contributed by atoms with Gasteiger partial charge in [0, 0.05) is 56.6 Å². The van der Waals surface area contributed by atoms with E-state index in [-0.39, 0.29) is 55.9 Å². The number of aliphatic hydroxyl groups is 1. The summed E-state index contributed by atoms with van der Waals surface area (Å²) in [4.78, 5) is 54.3. The maximum absolute atomic E-state index is 14.4. The van der Waals surface area contributed by atoms with Gasteiger partial charge in [0.25, 0.3) is 0 Å². The average molecular weight is 791 g/mol. The normalized spacial score (nSPS) is 15.4. The van der Waals surface area contributed by atoms with Gasteiger partial charge in [-0.15, -0.1) is 22.7 Å². The van der Waals surface area contributed by atoms with Gasteiger partial charge in [-0.25, -0.2) is 14.6 Å². The predicted molar refractivity (Wildman–Crippen MR) is 215 cm³/mol. The van der Waals surface area contributed by atoms with Gasteiger partial charge in [0.15, 0.2) is 5.78 Å². The first kappa shape index (κ1) is 41.9. The van der Waals surface area contributed by atoms with E-state index in [1.807, 2.05) is 60.8 Å². The first-order chi connectivity index (χ1) is 26.7. The van der Waals surface area contributed by atoms with Crippen molar-refractivity contribution in [2.45, 2.75) is 76.6 Å². The number of alkyl carbamates (subject to hydrolysis) is 1. The molecule has 1 aliphatic rings. The van der Waals surface area contributed by atoms with Crippen LogP contribution >= 0.6 is 22.7 Å². The van der Waals surface area contributed by atoms with Crippen LogP contribution in [-0.4, -0.2) is 101 Å². The highest BCUT2D eigenvalue weighted by molar-refractivity contribution is 7.09. The molecule has 0 spiro atoms. The smallest absolute Gasteiger partial charge is 0.407 e. The lowest BCUT2D eigenvalue weighted by atomic mass is 9.86. The topological polar surface area (TPSA) is 146 Å². The summed E-state index contributed by atoms with van der Waals surface area (Å²) in [5.74, 6) is -0.123. The van der Waals surface area contributed by atoms with E-state index in [0.717, 1.165) is 39.8 Å². The summed E-state index contributed by atoms with van der Waals surface area (Å²) in [6.07, 6.45) is 4.57. The number of rotatable bonds is 21. The van der Waals surface area contributed by atoms with Crippen molar-refractivity contribution < 1.29 is 29.0 Å². The fourth-order valence-corrected chi connectivity index (χ4v) is 7.96. The minimum absolute atomic E-state index is 0.00624. The number of hydrogen-bond donors (Lipinski definition) is 3. The quantitative estimate of drug-likeness (QED) is 0.0917. The molecule has 12 nitrogen and oxygen atoms in total. The van der Waals surface area contributed by atoms with Crippen LogP contribution in [-0.2, 0) is 40.3 Å². The van der Waals surface area contributed by atoms with Crippen LogP contribution < -0.4 is 10.6 Å². The molecule has 14 heteroatoms. The van der Waals surface area contributed by atoms with Crippen molar-refractivity contribution in [1.29, 1.82) is 0 Å². The fourth-order valence-electron chi connectivity index (χ4n) is 6.59. The molecule has 0 unspecified atom stereocenters. The summed E-state index contributed by atoms with van der Waals surface area (Å²) in [5, 5.41) is 18.4. The molecule has 3 heterocycles. The van der Waals surface area contributed by atoms with Gasteiger partial charge in [-0.1, -0.05) is 67.6 Å². The number of Topliss-reactive ketones (excluding diaryl/α,β-unsaturated/α-hetero) is 1. The highest BCUT2D eigenvalue weighted by Crippen LogP contribution is 2.23. The first-order valence-corrected chi connectivity index (χ1v) is 20.8. The Morgan fingerprint density at radius 1 is 0.964 bits per heavy atom. The van der Waals surface area contributed by atoms with Gasteiger partial charge in [-0.3, -0.25) is 14.7 Å². The molecule has 3 amide bonds. The van der Waals surface area contributed by atoms with E-state index in [4.69, 9.17) is 9.47 Å². The van der Waals surface area contributed by atoms with Crippen LogP contribution in [0, 0.1) is 5.92 Å². The van der Waals surface area contributed by atoms with E-state index in [1.165, 1.54) is 22.7 Å². The van der Waals surface area contributed by atoms with Crippen molar-refractivity contribution in [3.8, 4) is 0 Å². The maximum atomic E-state index is 14.4. The molecule has 5 rings (SSSR count). The fraction of sp³-hybridized carbons (Fsp3) is 0.488. The number of aromatic nitrogens is 2. The number of carbonyl (C=O) groups excluding carboxylic acids is 3. The number of amides is 3. The highest BCUT2D eigenvalue weighted by atomic mass is 32.1. The van der Waals surface area contributed by atoms with E-state index in [0.29, 0.717) is 51.9 Å². The van der Waals surface area contributed by atoms with Gasteiger partial charge in [-0.2, -0.15) is 0 Å². The third-order valence-corrected chi connectivity index (χ3v) is 11.7. The van der Waals surface area contributed by atoms with E-state index >= 15 is 0 Å². The standard InChI is InChI=1S/C41H54N6O6S2/c1-30(26-48)39-43-35(28-54-39)25-46(2)40(50)45-37(15-16-47-17-19-52-20-18-47)38(49)23-33(21-31-9-5-3-6-10-31)13-14-34(22-32-11-7-4-8-12-32)44-41(51)53-27-36-24-42-29-55-36/h3-12,24,28-30,33-34,37,48H,13-23,25-27H2,1-2H3,(H,44,51)(H,45,50)/t30-,33-,34-,37+/m1/s1. The molecule has 55 heavy (non-hydrogen) atoms. The maximum Gasteiger partial charge on any atom is 0.407 e. The SMILES string of the molecule is C[C@H](CO)c1nc(CN(C)C(=O)N[C@@H](CCN2CCOCC2)C(=O)C[C@H](CC[C@H](Cc2ccccc2)NC(=O)OCc2cncs2)Cc2ccccc2)cs1. The summed E-state index contributed by atoms with van der Waals surface area (Å²) >= 11 is 2.90.